The lowest BCUT2D eigenvalue weighted by Gasteiger charge is -2.07. The molecule has 1 aromatic rings. The summed E-state index contributed by atoms with van der Waals surface area (Å²) in [6, 6.07) is 7.90. The molecule has 0 aliphatic carbocycles. The third kappa shape index (κ3) is 6.91. The molecule has 0 saturated heterocycles. The number of aryl methyl sites for hydroxylation is 1. The van der Waals surface area contributed by atoms with Crippen LogP contribution in [0, 0.1) is 0 Å². The molecule has 114 valence electrons. The Morgan fingerprint density at radius 2 is 1.70 bits per heavy atom. The highest BCUT2D eigenvalue weighted by molar-refractivity contribution is 7.91. The molecule has 0 atom stereocenters. The molecule has 2 N–H and O–H groups in total. The van der Waals surface area contributed by atoms with Crippen LogP contribution in [-0.2, 0) is 16.3 Å². The first kappa shape index (κ1) is 17.0. The van der Waals surface area contributed by atoms with Gasteiger partial charge >= 0.3 is 0 Å². The van der Waals surface area contributed by atoms with Crippen molar-refractivity contribution in [1.29, 1.82) is 0 Å². The van der Waals surface area contributed by atoms with Gasteiger partial charge in [-0.1, -0.05) is 19.1 Å². The highest BCUT2D eigenvalue weighted by Crippen LogP contribution is 2.12. The van der Waals surface area contributed by atoms with Gasteiger partial charge in [0.15, 0.2) is 0 Å². The molecule has 0 saturated carbocycles. The van der Waals surface area contributed by atoms with Gasteiger partial charge in [0.1, 0.15) is 15.6 Å². The second-order valence-electron chi connectivity index (χ2n) is 4.85. The van der Waals surface area contributed by atoms with Crippen LogP contribution in [0.5, 0.6) is 5.75 Å². The number of sulfone groups is 1. The lowest BCUT2D eigenvalue weighted by Crippen LogP contribution is -2.14. The average molecular weight is 299 g/mol. The molecule has 5 heteroatoms. The lowest BCUT2D eigenvalue weighted by atomic mass is 10.2. The van der Waals surface area contributed by atoms with Crippen LogP contribution < -0.4 is 10.5 Å². The molecule has 0 amide bonds. The van der Waals surface area contributed by atoms with Crippen molar-refractivity contribution in [1.82, 2.24) is 0 Å². The maximum Gasteiger partial charge on any atom is 0.150 e. The Bertz CT molecular complexity index is 468. The largest absolute Gasteiger partial charge is 0.494 e. The Morgan fingerprint density at radius 1 is 1.05 bits per heavy atom. The first-order chi connectivity index (χ1) is 9.57. The molecule has 0 aromatic heterocycles. The Kier molecular flexibility index (Phi) is 7.62. The second kappa shape index (κ2) is 8.97. The molecular formula is C15H25NO3S. The smallest absolute Gasteiger partial charge is 0.150 e. The van der Waals surface area contributed by atoms with Crippen LogP contribution in [0.25, 0.3) is 0 Å². The Hall–Kier alpha value is -1.07. The standard InChI is InChI=1S/C15H25NO3S/c1-2-14-6-8-15(9-7-14)19-11-5-13-20(17,18)12-4-3-10-16/h6-9H,2-5,10-13,16H2,1H3. The van der Waals surface area contributed by atoms with E-state index in [-0.39, 0.29) is 11.5 Å². The summed E-state index contributed by atoms with van der Waals surface area (Å²) in [5.74, 6) is 1.21. The van der Waals surface area contributed by atoms with Gasteiger partial charge in [-0.2, -0.15) is 0 Å². The Balaban J connectivity index is 2.23. The third-order valence-corrected chi connectivity index (χ3v) is 4.93. The summed E-state index contributed by atoms with van der Waals surface area (Å²) >= 11 is 0. The van der Waals surface area contributed by atoms with Crippen molar-refractivity contribution in [2.75, 3.05) is 24.7 Å². The normalized spacial score (nSPS) is 11.5. The summed E-state index contributed by atoms with van der Waals surface area (Å²) in [7, 11) is -2.95. The maximum atomic E-state index is 11.7. The molecule has 1 aromatic carbocycles. The predicted molar refractivity (Wildman–Crippen MR) is 82.9 cm³/mol. The second-order valence-corrected chi connectivity index (χ2v) is 7.15. The van der Waals surface area contributed by atoms with Gasteiger partial charge in [-0.3, -0.25) is 0 Å². The number of ether oxygens (including phenoxy) is 1. The molecule has 0 fully saturated rings. The van der Waals surface area contributed by atoms with Crippen molar-refractivity contribution in [2.45, 2.75) is 32.6 Å². The first-order valence-electron chi connectivity index (χ1n) is 7.19. The van der Waals surface area contributed by atoms with E-state index in [0.717, 1.165) is 18.6 Å². The van der Waals surface area contributed by atoms with Crippen LogP contribution in [-0.4, -0.2) is 33.1 Å². The molecule has 0 radical (unpaired) electrons. The minimum absolute atomic E-state index is 0.185. The zero-order valence-corrected chi connectivity index (χ0v) is 13.0. The summed E-state index contributed by atoms with van der Waals surface area (Å²) in [4.78, 5) is 0. The summed E-state index contributed by atoms with van der Waals surface area (Å²) in [5, 5.41) is 0. The highest BCUT2D eigenvalue weighted by atomic mass is 32.2. The van der Waals surface area contributed by atoms with E-state index >= 15 is 0 Å². The number of hydrogen-bond donors (Lipinski definition) is 1. The molecule has 0 aliphatic heterocycles. The van der Waals surface area contributed by atoms with Crippen LogP contribution >= 0.6 is 0 Å². The van der Waals surface area contributed by atoms with E-state index in [1.54, 1.807) is 0 Å². The minimum atomic E-state index is -2.95. The highest BCUT2D eigenvalue weighted by Gasteiger charge is 2.09. The van der Waals surface area contributed by atoms with Gasteiger partial charge in [0.25, 0.3) is 0 Å². The van der Waals surface area contributed by atoms with Crippen LogP contribution in [0.3, 0.4) is 0 Å². The van der Waals surface area contributed by atoms with Crippen LogP contribution in [0.2, 0.25) is 0 Å². The summed E-state index contributed by atoms with van der Waals surface area (Å²) in [5.41, 5.74) is 6.61. The summed E-state index contributed by atoms with van der Waals surface area (Å²) in [6.45, 7) is 3.08. The predicted octanol–water partition coefficient (Wildman–Crippen LogP) is 2.17. The molecule has 0 heterocycles. The quantitative estimate of drug-likeness (QED) is 0.672. The van der Waals surface area contributed by atoms with E-state index in [1.807, 2.05) is 24.3 Å². The topological polar surface area (TPSA) is 69.4 Å². The van der Waals surface area contributed by atoms with Crippen LogP contribution in [0.4, 0.5) is 0 Å². The van der Waals surface area contributed by atoms with Gasteiger partial charge in [0, 0.05) is 0 Å². The Morgan fingerprint density at radius 3 is 2.30 bits per heavy atom. The minimum Gasteiger partial charge on any atom is -0.494 e. The van der Waals surface area contributed by atoms with Gasteiger partial charge in [0.2, 0.25) is 0 Å². The van der Waals surface area contributed by atoms with Crippen LogP contribution in [0.1, 0.15) is 31.7 Å². The molecule has 1 rings (SSSR count). The fourth-order valence-corrected chi connectivity index (χ4v) is 3.26. The number of hydrogen-bond acceptors (Lipinski definition) is 4. The lowest BCUT2D eigenvalue weighted by molar-refractivity contribution is 0.317. The summed E-state index contributed by atoms with van der Waals surface area (Å²) < 4.78 is 28.9. The van der Waals surface area contributed by atoms with Crippen molar-refractivity contribution in [3.8, 4) is 5.75 Å². The molecule has 20 heavy (non-hydrogen) atoms. The molecule has 0 aliphatic rings. The zero-order valence-electron chi connectivity index (χ0n) is 12.2. The van der Waals surface area contributed by atoms with Crippen molar-refractivity contribution in [2.24, 2.45) is 5.73 Å². The number of nitrogens with two attached hydrogens (primary N) is 1. The van der Waals surface area contributed by atoms with E-state index in [0.29, 0.717) is 26.0 Å². The van der Waals surface area contributed by atoms with E-state index in [1.165, 1.54) is 5.56 Å². The average Bonchev–Trinajstić information content (AvgIpc) is 2.44. The van der Waals surface area contributed by atoms with Crippen LogP contribution in [0.15, 0.2) is 24.3 Å². The van der Waals surface area contributed by atoms with Gasteiger partial charge < -0.3 is 10.5 Å². The molecule has 4 nitrogen and oxygen atoms in total. The van der Waals surface area contributed by atoms with E-state index in [2.05, 4.69) is 6.92 Å². The molecule has 0 spiro atoms. The number of benzene rings is 1. The summed E-state index contributed by atoms with van der Waals surface area (Å²) in [6.07, 6.45) is 2.94. The molecule has 0 unspecified atom stereocenters. The maximum absolute atomic E-state index is 11.7. The van der Waals surface area contributed by atoms with Gasteiger partial charge in [-0.25, -0.2) is 8.42 Å². The van der Waals surface area contributed by atoms with Crippen molar-refractivity contribution < 1.29 is 13.2 Å². The fraction of sp³-hybridized carbons (Fsp3) is 0.600. The van der Waals surface area contributed by atoms with E-state index in [4.69, 9.17) is 10.5 Å². The first-order valence-corrected chi connectivity index (χ1v) is 9.02. The van der Waals surface area contributed by atoms with Crippen molar-refractivity contribution in [3.63, 3.8) is 0 Å². The number of unbranched alkanes of at least 4 members (excludes halogenated alkanes) is 1. The fourth-order valence-electron chi connectivity index (χ4n) is 1.86. The molecule has 0 bridgehead atoms. The van der Waals surface area contributed by atoms with E-state index < -0.39 is 9.84 Å². The monoisotopic (exact) mass is 299 g/mol. The van der Waals surface area contributed by atoms with Gasteiger partial charge in [-0.05, 0) is 49.9 Å². The SMILES string of the molecule is CCc1ccc(OCCCS(=O)(=O)CCCCN)cc1. The zero-order chi connectivity index (χ0) is 14.8. The van der Waals surface area contributed by atoms with Gasteiger partial charge in [0.05, 0.1) is 18.1 Å². The van der Waals surface area contributed by atoms with Crippen molar-refractivity contribution in [3.05, 3.63) is 29.8 Å². The van der Waals surface area contributed by atoms with E-state index in [9.17, 15) is 8.42 Å². The third-order valence-electron chi connectivity index (χ3n) is 3.11. The van der Waals surface area contributed by atoms with Gasteiger partial charge in [-0.15, -0.1) is 0 Å². The number of rotatable bonds is 10. The Labute approximate surface area is 122 Å². The molecular weight excluding hydrogens is 274 g/mol. The van der Waals surface area contributed by atoms with Crippen molar-refractivity contribution >= 4 is 9.84 Å².